The summed E-state index contributed by atoms with van der Waals surface area (Å²) in [4.78, 5) is 12.1. The Hall–Kier alpha value is -2.86. The van der Waals surface area contributed by atoms with E-state index in [2.05, 4.69) is 15.5 Å². The van der Waals surface area contributed by atoms with Crippen molar-refractivity contribution in [2.45, 2.75) is 26.9 Å². The number of carbonyl (C=O) groups is 1. The third-order valence-corrected chi connectivity index (χ3v) is 4.28. The Labute approximate surface area is 157 Å². The van der Waals surface area contributed by atoms with Gasteiger partial charge in [0, 0.05) is 41.2 Å². The minimum atomic E-state index is -0.239. The first-order valence-electron chi connectivity index (χ1n) is 8.34. The predicted octanol–water partition coefficient (Wildman–Crippen LogP) is 3.76. The molecule has 0 unspecified atom stereocenters. The molecule has 1 aromatic carbocycles. The van der Waals surface area contributed by atoms with Crippen molar-refractivity contribution >= 4 is 29.4 Å². The van der Waals surface area contributed by atoms with E-state index in [1.807, 2.05) is 55.1 Å². The summed E-state index contributed by atoms with van der Waals surface area (Å²) in [5.41, 5.74) is 2.79. The summed E-state index contributed by atoms with van der Waals surface area (Å²) < 4.78 is 3.61. The maximum atomic E-state index is 12.1. The van der Waals surface area contributed by atoms with E-state index in [-0.39, 0.29) is 5.91 Å². The number of halogens is 1. The number of rotatable bonds is 6. The summed E-state index contributed by atoms with van der Waals surface area (Å²) in [6.07, 6.45) is 6.80. The average molecular weight is 370 g/mol. The number of amides is 1. The van der Waals surface area contributed by atoms with E-state index >= 15 is 0 Å². The van der Waals surface area contributed by atoms with Crippen LogP contribution in [0.4, 0.5) is 5.82 Å². The maximum Gasteiger partial charge on any atom is 0.249 e. The molecule has 26 heavy (non-hydrogen) atoms. The maximum absolute atomic E-state index is 12.1. The van der Waals surface area contributed by atoms with E-state index in [1.54, 1.807) is 17.0 Å². The van der Waals surface area contributed by atoms with Crippen molar-refractivity contribution in [3.8, 4) is 0 Å². The molecule has 0 aliphatic rings. The fourth-order valence-corrected chi connectivity index (χ4v) is 2.69. The van der Waals surface area contributed by atoms with Gasteiger partial charge in [-0.3, -0.25) is 14.2 Å². The van der Waals surface area contributed by atoms with Crippen LogP contribution in [0.3, 0.4) is 0 Å². The van der Waals surface area contributed by atoms with Crippen molar-refractivity contribution in [2.24, 2.45) is 0 Å². The van der Waals surface area contributed by atoms with Crippen molar-refractivity contribution in [3.05, 3.63) is 70.6 Å². The second kappa shape index (κ2) is 8.01. The molecule has 0 radical (unpaired) electrons. The lowest BCUT2D eigenvalue weighted by molar-refractivity contribution is -0.111. The lowest BCUT2D eigenvalue weighted by Crippen LogP contribution is -2.09. The molecule has 134 valence electrons. The third-order valence-electron chi connectivity index (χ3n) is 3.91. The minimum absolute atomic E-state index is 0.239. The van der Waals surface area contributed by atoms with Gasteiger partial charge in [0.25, 0.3) is 0 Å². The molecule has 0 fully saturated rings. The quantitative estimate of drug-likeness (QED) is 0.673. The van der Waals surface area contributed by atoms with Crippen LogP contribution in [0.15, 0.2) is 48.8 Å². The van der Waals surface area contributed by atoms with Gasteiger partial charge in [0.05, 0.1) is 12.7 Å². The van der Waals surface area contributed by atoms with Gasteiger partial charge in [-0.15, -0.1) is 0 Å². The van der Waals surface area contributed by atoms with Crippen LogP contribution < -0.4 is 5.32 Å². The van der Waals surface area contributed by atoms with Crippen LogP contribution in [-0.2, 0) is 17.9 Å². The molecule has 0 aliphatic carbocycles. The van der Waals surface area contributed by atoms with E-state index in [1.165, 1.54) is 6.08 Å². The zero-order valence-electron chi connectivity index (χ0n) is 14.7. The number of nitrogens with zero attached hydrogens (tertiary/aromatic N) is 4. The second-order valence-corrected chi connectivity index (χ2v) is 6.28. The van der Waals surface area contributed by atoms with E-state index in [9.17, 15) is 4.79 Å². The van der Waals surface area contributed by atoms with Crippen LogP contribution in [0.2, 0.25) is 5.02 Å². The summed E-state index contributed by atoms with van der Waals surface area (Å²) >= 11 is 6.20. The average Bonchev–Trinajstić information content (AvgIpc) is 3.22. The Morgan fingerprint density at radius 1 is 1.35 bits per heavy atom. The molecular formula is C19H20ClN5O. The van der Waals surface area contributed by atoms with Crippen molar-refractivity contribution in [2.75, 3.05) is 5.32 Å². The molecule has 0 atom stereocenters. The van der Waals surface area contributed by atoms with Crippen LogP contribution in [0.25, 0.3) is 6.08 Å². The molecule has 0 saturated heterocycles. The van der Waals surface area contributed by atoms with E-state index < -0.39 is 0 Å². The van der Waals surface area contributed by atoms with Crippen LogP contribution in [0.5, 0.6) is 0 Å². The highest BCUT2D eigenvalue weighted by Gasteiger charge is 2.08. The number of anilines is 1. The largest absolute Gasteiger partial charge is 0.306 e. The van der Waals surface area contributed by atoms with Crippen LogP contribution in [0, 0.1) is 6.92 Å². The molecule has 2 heterocycles. The summed E-state index contributed by atoms with van der Waals surface area (Å²) in [5, 5.41) is 12.1. The summed E-state index contributed by atoms with van der Waals surface area (Å²) in [6, 6.07) is 9.47. The van der Waals surface area contributed by atoms with Gasteiger partial charge in [-0.1, -0.05) is 29.8 Å². The van der Waals surface area contributed by atoms with Gasteiger partial charge in [-0.05, 0) is 31.6 Å². The van der Waals surface area contributed by atoms with Gasteiger partial charge in [0.15, 0.2) is 5.82 Å². The zero-order valence-corrected chi connectivity index (χ0v) is 15.4. The summed E-state index contributed by atoms with van der Waals surface area (Å²) in [7, 11) is 0. The molecular weight excluding hydrogens is 350 g/mol. The van der Waals surface area contributed by atoms with Crippen molar-refractivity contribution in [3.63, 3.8) is 0 Å². The highest BCUT2D eigenvalue weighted by molar-refractivity contribution is 6.31. The topological polar surface area (TPSA) is 64.7 Å². The molecule has 0 saturated carbocycles. The first-order chi connectivity index (χ1) is 12.5. The molecule has 6 nitrogen and oxygen atoms in total. The molecule has 1 amide bonds. The molecule has 7 heteroatoms. The van der Waals surface area contributed by atoms with Gasteiger partial charge in [0.2, 0.25) is 5.91 Å². The van der Waals surface area contributed by atoms with Gasteiger partial charge in [-0.25, -0.2) is 0 Å². The predicted molar refractivity (Wildman–Crippen MR) is 103 cm³/mol. The summed E-state index contributed by atoms with van der Waals surface area (Å²) in [6.45, 7) is 5.29. The molecule has 3 aromatic rings. The molecule has 0 bridgehead atoms. The Morgan fingerprint density at radius 3 is 2.88 bits per heavy atom. The standard InChI is InChI=1S/C19H20ClN5O/c1-3-24-12-15(11-21-24)8-9-19(26)22-18-10-14(2)25(23-18)13-16-6-4-5-7-17(16)20/h4-12H,3,13H2,1-2H3,(H,22,23,26)/b9-8+. The van der Waals surface area contributed by atoms with Gasteiger partial charge in [0.1, 0.15) is 0 Å². The summed E-state index contributed by atoms with van der Waals surface area (Å²) in [5.74, 6) is 0.269. The fourth-order valence-electron chi connectivity index (χ4n) is 2.50. The first-order valence-corrected chi connectivity index (χ1v) is 8.72. The van der Waals surface area contributed by atoms with E-state index in [4.69, 9.17) is 11.6 Å². The minimum Gasteiger partial charge on any atom is -0.306 e. The number of hydrogen-bond donors (Lipinski definition) is 1. The number of hydrogen-bond acceptors (Lipinski definition) is 3. The highest BCUT2D eigenvalue weighted by atomic mass is 35.5. The Bertz CT molecular complexity index is 941. The van der Waals surface area contributed by atoms with Crippen LogP contribution >= 0.6 is 11.6 Å². The molecule has 3 rings (SSSR count). The Balaban J connectivity index is 1.65. The fraction of sp³-hybridized carbons (Fsp3) is 0.211. The van der Waals surface area contributed by atoms with Crippen molar-refractivity contribution in [1.29, 1.82) is 0 Å². The molecule has 0 aliphatic heterocycles. The number of benzene rings is 1. The smallest absolute Gasteiger partial charge is 0.249 e. The van der Waals surface area contributed by atoms with Gasteiger partial charge < -0.3 is 5.32 Å². The Kier molecular flexibility index (Phi) is 5.53. The monoisotopic (exact) mass is 369 g/mol. The molecule has 2 aromatic heterocycles. The van der Waals surface area contributed by atoms with Crippen LogP contribution in [-0.4, -0.2) is 25.5 Å². The second-order valence-electron chi connectivity index (χ2n) is 5.87. The Morgan fingerprint density at radius 2 is 2.15 bits per heavy atom. The number of aryl methyl sites for hydroxylation is 2. The van der Waals surface area contributed by atoms with E-state index in [0.29, 0.717) is 17.4 Å². The van der Waals surface area contributed by atoms with Crippen molar-refractivity contribution < 1.29 is 4.79 Å². The lowest BCUT2D eigenvalue weighted by Gasteiger charge is -2.06. The number of aromatic nitrogens is 4. The molecule has 1 N–H and O–H groups in total. The van der Waals surface area contributed by atoms with Gasteiger partial charge >= 0.3 is 0 Å². The lowest BCUT2D eigenvalue weighted by atomic mass is 10.2. The number of nitrogens with one attached hydrogen (secondary N) is 1. The normalized spacial score (nSPS) is 11.2. The SMILES string of the molecule is CCn1cc(/C=C/C(=O)Nc2cc(C)n(Cc3ccccc3Cl)n2)cn1. The van der Waals surface area contributed by atoms with Crippen LogP contribution in [0.1, 0.15) is 23.7 Å². The number of carbonyl (C=O) groups excluding carboxylic acids is 1. The first kappa shape index (κ1) is 17.9. The zero-order chi connectivity index (χ0) is 18.5. The van der Waals surface area contributed by atoms with Gasteiger partial charge in [-0.2, -0.15) is 10.2 Å². The molecule has 0 spiro atoms. The van der Waals surface area contributed by atoms with Crippen molar-refractivity contribution in [1.82, 2.24) is 19.6 Å². The van der Waals surface area contributed by atoms with E-state index in [0.717, 1.165) is 23.4 Å². The third kappa shape index (κ3) is 4.40. The highest BCUT2D eigenvalue weighted by Crippen LogP contribution is 2.18.